The molecule has 133 valence electrons. The van der Waals surface area contributed by atoms with E-state index < -0.39 is 46.4 Å². The van der Waals surface area contributed by atoms with Crippen LogP contribution in [0.25, 0.3) is 11.3 Å². The van der Waals surface area contributed by atoms with Gasteiger partial charge in [0.05, 0.1) is 11.6 Å². The van der Waals surface area contributed by atoms with E-state index in [0.717, 1.165) is 6.07 Å². The molecule has 0 atom stereocenters. The van der Waals surface area contributed by atoms with E-state index in [1.54, 1.807) is 0 Å². The monoisotopic (exact) mass is 532 g/mol. The zero-order valence-corrected chi connectivity index (χ0v) is 13.9. The van der Waals surface area contributed by atoms with Crippen molar-refractivity contribution in [3.05, 3.63) is 52.7 Å². The van der Waals surface area contributed by atoms with Gasteiger partial charge in [-0.1, -0.05) is 18.7 Å². The molecule has 1 heterocycles. The largest absolute Gasteiger partial charge is 0.405 e. The van der Waals surface area contributed by atoms with Crippen LogP contribution in [0.1, 0.15) is 16.7 Å². The van der Waals surface area contributed by atoms with Gasteiger partial charge in [-0.15, -0.1) is 12.1 Å². The van der Waals surface area contributed by atoms with Gasteiger partial charge in [0.1, 0.15) is 0 Å². The van der Waals surface area contributed by atoms with Crippen LogP contribution in [0, 0.1) is 30.8 Å². The van der Waals surface area contributed by atoms with Gasteiger partial charge in [0.2, 0.25) is 0 Å². The van der Waals surface area contributed by atoms with Crippen LogP contribution in [0.15, 0.2) is 12.1 Å². The van der Waals surface area contributed by atoms with Crippen LogP contribution >= 0.6 is 0 Å². The standard InChI is InChI=1S/C14H5F8N.Ir/c1-6-2-3-23-9(4-6)7-5-8(13(17,18)19)12(16)10(11(7)15)14(20,21)22;/h2,4H,1H3;/q-2;. The van der Waals surface area contributed by atoms with Gasteiger partial charge in [0.15, 0.2) is 0 Å². The fourth-order valence-electron chi connectivity index (χ4n) is 1.82. The number of nitrogens with zero attached hydrogens (tertiary/aromatic N) is 1. The van der Waals surface area contributed by atoms with Gasteiger partial charge in [-0.05, 0) is 5.69 Å². The van der Waals surface area contributed by atoms with Crippen molar-refractivity contribution < 1.29 is 55.2 Å². The predicted octanol–water partition coefficient (Wildman–Crippen LogP) is 4.97. The molecule has 0 aliphatic carbocycles. The summed E-state index contributed by atoms with van der Waals surface area (Å²) < 4.78 is 104. The number of pyridine rings is 1. The molecule has 0 amide bonds. The number of aryl methyl sites for hydroxylation is 1. The van der Waals surface area contributed by atoms with E-state index >= 15 is 0 Å². The third-order valence-electron chi connectivity index (χ3n) is 2.79. The number of hydrogen-bond acceptors (Lipinski definition) is 1. The summed E-state index contributed by atoms with van der Waals surface area (Å²) in [7, 11) is 0. The van der Waals surface area contributed by atoms with Crippen LogP contribution in [0.4, 0.5) is 35.1 Å². The van der Waals surface area contributed by atoms with Crippen molar-refractivity contribution in [1.29, 1.82) is 0 Å². The van der Waals surface area contributed by atoms with Crippen molar-refractivity contribution in [2.75, 3.05) is 0 Å². The van der Waals surface area contributed by atoms with E-state index in [4.69, 9.17) is 0 Å². The molecule has 0 saturated carbocycles. The maximum atomic E-state index is 14.0. The van der Waals surface area contributed by atoms with Crippen LogP contribution in [0.2, 0.25) is 0 Å². The molecule has 0 bridgehead atoms. The second-order valence-electron chi connectivity index (χ2n) is 4.53. The van der Waals surface area contributed by atoms with Crippen molar-refractivity contribution in [2.45, 2.75) is 19.3 Å². The first kappa shape index (κ1) is 20.5. The number of aromatic nitrogens is 1. The Hall–Kier alpha value is -1.54. The third-order valence-corrected chi connectivity index (χ3v) is 2.79. The van der Waals surface area contributed by atoms with E-state index in [1.807, 2.05) is 0 Å². The zero-order valence-electron chi connectivity index (χ0n) is 11.5. The summed E-state index contributed by atoms with van der Waals surface area (Å²) in [6, 6.07) is 3.63. The molecular formula is C14H5F8IrN-2. The normalized spacial score (nSPS) is 12.0. The summed E-state index contributed by atoms with van der Waals surface area (Å²) in [5, 5.41) is 0. The summed E-state index contributed by atoms with van der Waals surface area (Å²) >= 11 is 0. The van der Waals surface area contributed by atoms with E-state index in [1.165, 1.54) is 19.1 Å². The number of rotatable bonds is 1. The van der Waals surface area contributed by atoms with Crippen LogP contribution in [0.5, 0.6) is 0 Å². The molecular weight excluding hydrogens is 526 g/mol. The van der Waals surface area contributed by atoms with Gasteiger partial charge in [-0.2, -0.15) is 38.0 Å². The molecule has 0 saturated heterocycles. The average Bonchev–Trinajstić information content (AvgIpc) is 2.35. The molecule has 0 N–H and O–H groups in total. The SMILES string of the molecule is Cc1c[c-]nc(-c2[c-]c(C(F)(F)F)c(F)c(C(F)(F)F)c2F)c1.[Ir]. The van der Waals surface area contributed by atoms with Crippen molar-refractivity contribution in [3.8, 4) is 11.3 Å². The fourth-order valence-corrected chi connectivity index (χ4v) is 1.82. The molecule has 1 nitrogen and oxygen atoms in total. The molecule has 0 unspecified atom stereocenters. The van der Waals surface area contributed by atoms with E-state index in [2.05, 4.69) is 11.2 Å². The van der Waals surface area contributed by atoms with Gasteiger partial charge in [0, 0.05) is 31.2 Å². The number of hydrogen-bond donors (Lipinski definition) is 0. The first-order valence-corrected chi connectivity index (χ1v) is 5.86. The zero-order chi connectivity index (χ0) is 17.6. The van der Waals surface area contributed by atoms with Gasteiger partial charge >= 0.3 is 12.4 Å². The van der Waals surface area contributed by atoms with Gasteiger partial charge in [-0.3, -0.25) is 8.78 Å². The molecule has 2 aromatic rings. The van der Waals surface area contributed by atoms with Gasteiger partial charge in [0.25, 0.3) is 0 Å². The maximum Gasteiger partial charge on any atom is 0.405 e. The van der Waals surface area contributed by atoms with Crippen molar-refractivity contribution in [1.82, 2.24) is 4.98 Å². The molecule has 10 heteroatoms. The predicted molar refractivity (Wildman–Crippen MR) is 62.0 cm³/mol. The van der Waals surface area contributed by atoms with E-state index in [9.17, 15) is 35.1 Å². The number of benzene rings is 1. The fraction of sp³-hybridized carbons (Fsp3) is 0.214. The Bertz CT molecular complexity index is 752. The first-order chi connectivity index (χ1) is 10.4. The van der Waals surface area contributed by atoms with Gasteiger partial charge < -0.3 is 4.98 Å². The van der Waals surface area contributed by atoms with E-state index in [0.29, 0.717) is 5.56 Å². The summed E-state index contributed by atoms with van der Waals surface area (Å²) in [6.07, 6.45) is -8.95. The molecule has 0 aliphatic rings. The van der Waals surface area contributed by atoms with Crippen LogP contribution in [0.3, 0.4) is 0 Å². The molecule has 2 rings (SSSR count). The van der Waals surface area contributed by atoms with Crippen LogP contribution in [-0.4, -0.2) is 4.98 Å². The first-order valence-electron chi connectivity index (χ1n) is 5.86. The second-order valence-corrected chi connectivity index (χ2v) is 4.53. The van der Waals surface area contributed by atoms with Crippen molar-refractivity contribution in [3.63, 3.8) is 0 Å². The molecule has 0 aliphatic heterocycles. The molecule has 24 heavy (non-hydrogen) atoms. The summed E-state index contributed by atoms with van der Waals surface area (Å²) in [6.45, 7) is 1.44. The van der Waals surface area contributed by atoms with Crippen LogP contribution < -0.4 is 0 Å². The summed E-state index contributed by atoms with van der Waals surface area (Å²) in [5.74, 6) is -4.97. The second kappa shape index (κ2) is 6.76. The Morgan fingerprint density at radius 2 is 1.54 bits per heavy atom. The van der Waals surface area contributed by atoms with Crippen molar-refractivity contribution >= 4 is 0 Å². The smallest absolute Gasteiger partial charge is 0.372 e. The average molecular weight is 531 g/mol. The third kappa shape index (κ3) is 3.92. The van der Waals surface area contributed by atoms with E-state index in [-0.39, 0.29) is 20.1 Å². The summed E-state index contributed by atoms with van der Waals surface area (Å²) in [4.78, 5) is 3.39. The molecule has 0 spiro atoms. The van der Waals surface area contributed by atoms with Crippen LogP contribution in [-0.2, 0) is 32.5 Å². The Labute approximate surface area is 144 Å². The Kier molecular flexibility index (Phi) is 5.77. The molecule has 1 aromatic heterocycles. The Morgan fingerprint density at radius 3 is 2.00 bits per heavy atom. The minimum atomic E-state index is -5.66. The molecule has 0 fully saturated rings. The van der Waals surface area contributed by atoms with Gasteiger partial charge in [-0.25, -0.2) is 0 Å². The topological polar surface area (TPSA) is 12.9 Å². The molecule has 1 aromatic carbocycles. The minimum absolute atomic E-state index is 0. The number of alkyl halides is 6. The Balaban J connectivity index is 0.00000288. The Morgan fingerprint density at radius 1 is 0.958 bits per heavy atom. The quantitative estimate of drug-likeness (QED) is 0.374. The maximum absolute atomic E-state index is 14.0. The summed E-state index contributed by atoms with van der Waals surface area (Å²) in [5.41, 5.74) is -6.43. The molecule has 1 radical (unpaired) electrons. The minimum Gasteiger partial charge on any atom is -0.372 e. The number of halogens is 8. The van der Waals surface area contributed by atoms with Crippen molar-refractivity contribution in [2.24, 2.45) is 0 Å².